The molecule has 26 heavy (non-hydrogen) atoms. The standard InChI is InChI=1S/C20H20FN3O.ClH/c1-11-15(16-9-13(21)6-7-17(16)23-11)10-19(25)24-18-8-12-4-2-3-5-14(12)20(18)22;/h2-7,9,18,20,23H,8,10,22H2,1H3,(H,24,25);1H/t18-,20-;/m0./s1. The Labute approximate surface area is 157 Å². The van der Waals surface area contributed by atoms with Crippen LogP contribution in [0.15, 0.2) is 42.5 Å². The van der Waals surface area contributed by atoms with Crippen LogP contribution in [0.4, 0.5) is 4.39 Å². The zero-order valence-electron chi connectivity index (χ0n) is 14.4. The minimum atomic E-state index is -0.304. The number of rotatable bonds is 3. The van der Waals surface area contributed by atoms with Crippen LogP contribution in [-0.4, -0.2) is 16.9 Å². The van der Waals surface area contributed by atoms with Crippen molar-refractivity contribution in [2.45, 2.75) is 31.8 Å². The van der Waals surface area contributed by atoms with Gasteiger partial charge in [-0.2, -0.15) is 0 Å². The fourth-order valence-corrected chi connectivity index (χ4v) is 3.77. The average Bonchev–Trinajstić information content (AvgIpc) is 3.06. The smallest absolute Gasteiger partial charge is 0.224 e. The number of nitrogens with one attached hydrogen (secondary N) is 2. The molecule has 0 fully saturated rings. The Balaban J connectivity index is 0.00000196. The van der Waals surface area contributed by atoms with Crippen LogP contribution >= 0.6 is 12.4 Å². The number of amides is 1. The van der Waals surface area contributed by atoms with E-state index < -0.39 is 0 Å². The topological polar surface area (TPSA) is 70.9 Å². The number of hydrogen-bond donors (Lipinski definition) is 3. The molecule has 0 spiro atoms. The number of aryl methyl sites for hydroxylation is 1. The van der Waals surface area contributed by atoms with Crippen molar-refractivity contribution >= 4 is 29.2 Å². The van der Waals surface area contributed by atoms with Crippen molar-refractivity contribution in [3.63, 3.8) is 0 Å². The lowest BCUT2D eigenvalue weighted by Gasteiger charge is -2.18. The lowest BCUT2D eigenvalue weighted by molar-refractivity contribution is -0.121. The molecule has 3 aromatic rings. The molecule has 0 unspecified atom stereocenters. The summed E-state index contributed by atoms with van der Waals surface area (Å²) in [6, 6.07) is 12.3. The van der Waals surface area contributed by atoms with E-state index in [2.05, 4.69) is 10.3 Å². The zero-order valence-corrected chi connectivity index (χ0v) is 15.2. The van der Waals surface area contributed by atoms with E-state index in [-0.39, 0.29) is 42.6 Å². The summed E-state index contributed by atoms with van der Waals surface area (Å²) in [6.45, 7) is 1.90. The van der Waals surface area contributed by atoms with Gasteiger partial charge in [-0.1, -0.05) is 24.3 Å². The van der Waals surface area contributed by atoms with Crippen LogP contribution in [0.5, 0.6) is 0 Å². The maximum atomic E-state index is 13.6. The highest BCUT2D eigenvalue weighted by Crippen LogP contribution is 2.29. The normalized spacial score (nSPS) is 18.4. The van der Waals surface area contributed by atoms with Crippen molar-refractivity contribution < 1.29 is 9.18 Å². The van der Waals surface area contributed by atoms with Crippen LogP contribution in [0, 0.1) is 12.7 Å². The summed E-state index contributed by atoms with van der Waals surface area (Å²) in [4.78, 5) is 15.8. The Kier molecular flexibility index (Phi) is 5.03. The van der Waals surface area contributed by atoms with Gasteiger partial charge in [-0.15, -0.1) is 12.4 Å². The second-order valence-electron chi connectivity index (χ2n) is 6.70. The molecule has 0 saturated carbocycles. The lowest BCUT2D eigenvalue weighted by Crippen LogP contribution is -2.41. The molecule has 4 N–H and O–H groups in total. The molecule has 1 aromatic heterocycles. The molecule has 2 aromatic carbocycles. The highest BCUT2D eigenvalue weighted by atomic mass is 35.5. The number of benzene rings is 2. The summed E-state index contributed by atoms with van der Waals surface area (Å²) >= 11 is 0. The van der Waals surface area contributed by atoms with Gasteiger partial charge in [-0.05, 0) is 48.2 Å². The summed E-state index contributed by atoms with van der Waals surface area (Å²) in [6.07, 6.45) is 0.944. The summed E-state index contributed by atoms with van der Waals surface area (Å²) < 4.78 is 13.6. The first-order valence-electron chi connectivity index (χ1n) is 8.42. The number of aromatic amines is 1. The molecule has 0 bridgehead atoms. The molecule has 2 atom stereocenters. The Morgan fingerprint density at radius 1 is 1.31 bits per heavy atom. The van der Waals surface area contributed by atoms with Crippen molar-refractivity contribution in [2.24, 2.45) is 5.73 Å². The minimum absolute atomic E-state index is 0. The van der Waals surface area contributed by atoms with Crippen molar-refractivity contribution in [1.82, 2.24) is 10.3 Å². The van der Waals surface area contributed by atoms with E-state index in [1.54, 1.807) is 6.07 Å². The van der Waals surface area contributed by atoms with Crippen molar-refractivity contribution in [3.8, 4) is 0 Å². The average molecular weight is 374 g/mol. The van der Waals surface area contributed by atoms with E-state index in [4.69, 9.17) is 5.73 Å². The third-order valence-corrected chi connectivity index (χ3v) is 5.05. The van der Waals surface area contributed by atoms with Crippen molar-refractivity contribution in [1.29, 1.82) is 0 Å². The molecule has 136 valence electrons. The highest BCUT2D eigenvalue weighted by molar-refractivity contribution is 5.90. The van der Waals surface area contributed by atoms with Gasteiger partial charge < -0.3 is 16.0 Å². The molecule has 0 aliphatic heterocycles. The summed E-state index contributed by atoms with van der Waals surface area (Å²) in [5, 5.41) is 3.80. The molecular weight excluding hydrogens is 353 g/mol. The van der Waals surface area contributed by atoms with Crippen LogP contribution in [-0.2, 0) is 17.6 Å². The number of hydrogen-bond acceptors (Lipinski definition) is 2. The lowest BCUT2D eigenvalue weighted by atomic mass is 10.1. The van der Waals surface area contributed by atoms with Gasteiger partial charge in [0.2, 0.25) is 5.91 Å². The number of fused-ring (bicyclic) bond motifs is 2. The summed E-state index contributed by atoms with van der Waals surface area (Å²) in [5.41, 5.74) is 11.1. The Hall–Kier alpha value is -2.37. The molecule has 1 amide bonds. The third-order valence-electron chi connectivity index (χ3n) is 5.05. The van der Waals surface area contributed by atoms with Gasteiger partial charge in [-0.25, -0.2) is 4.39 Å². The zero-order chi connectivity index (χ0) is 17.6. The van der Waals surface area contributed by atoms with E-state index in [1.165, 1.54) is 17.7 Å². The summed E-state index contributed by atoms with van der Waals surface area (Å²) in [7, 11) is 0. The van der Waals surface area contributed by atoms with E-state index >= 15 is 0 Å². The largest absolute Gasteiger partial charge is 0.358 e. The highest BCUT2D eigenvalue weighted by Gasteiger charge is 2.30. The first-order chi connectivity index (χ1) is 12.0. The number of carbonyl (C=O) groups is 1. The number of nitrogens with two attached hydrogens (primary N) is 1. The van der Waals surface area contributed by atoms with Gasteiger partial charge in [-0.3, -0.25) is 4.79 Å². The Bertz CT molecular complexity index is 969. The van der Waals surface area contributed by atoms with Crippen LogP contribution in [0.3, 0.4) is 0 Å². The van der Waals surface area contributed by atoms with Gasteiger partial charge in [0.1, 0.15) is 5.82 Å². The van der Waals surface area contributed by atoms with E-state index in [0.717, 1.165) is 34.1 Å². The van der Waals surface area contributed by atoms with Crippen molar-refractivity contribution in [2.75, 3.05) is 0 Å². The quantitative estimate of drug-likeness (QED) is 0.659. The SMILES string of the molecule is Cc1[nH]c2ccc(F)cc2c1CC(=O)N[C@H]1Cc2ccccc2[C@@H]1N.Cl. The second-order valence-corrected chi connectivity index (χ2v) is 6.70. The number of H-pyrrole nitrogens is 1. The number of carbonyl (C=O) groups excluding carboxylic acids is 1. The molecule has 4 nitrogen and oxygen atoms in total. The number of halogens is 2. The first-order valence-corrected chi connectivity index (χ1v) is 8.42. The van der Waals surface area contributed by atoms with Gasteiger partial charge in [0.15, 0.2) is 0 Å². The van der Waals surface area contributed by atoms with Gasteiger partial charge in [0.05, 0.1) is 18.5 Å². The maximum absolute atomic E-state index is 13.6. The Morgan fingerprint density at radius 2 is 2.08 bits per heavy atom. The van der Waals surface area contributed by atoms with Gasteiger partial charge in [0, 0.05) is 16.6 Å². The second kappa shape index (κ2) is 7.09. The molecule has 1 aliphatic rings. The number of aromatic nitrogens is 1. The third kappa shape index (κ3) is 3.20. The molecule has 6 heteroatoms. The maximum Gasteiger partial charge on any atom is 0.224 e. The molecule has 0 saturated heterocycles. The van der Waals surface area contributed by atoms with Crippen LogP contribution in [0.2, 0.25) is 0 Å². The molecule has 0 radical (unpaired) electrons. The minimum Gasteiger partial charge on any atom is -0.358 e. The first kappa shape index (κ1) is 18.4. The molecule has 1 heterocycles. The van der Waals surface area contributed by atoms with Crippen LogP contribution in [0.25, 0.3) is 10.9 Å². The van der Waals surface area contributed by atoms with E-state index in [0.29, 0.717) is 0 Å². The summed E-state index contributed by atoms with van der Waals surface area (Å²) in [5.74, 6) is -0.400. The van der Waals surface area contributed by atoms with Crippen LogP contribution in [0.1, 0.15) is 28.4 Å². The fourth-order valence-electron chi connectivity index (χ4n) is 3.77. The van der Waals surface area contributed by atoms with Gasteiger partial charge >= 0.3 is 0 Å². The van der Waals surface area contributed by atoms with Crippen LogP contribution < -0.4 is 11.1 Å². The van der Waals surface area contributed by atoms with E-state index in [1.807, 2.05) is 31.2 Å². The molecule has 1 aliphatic carbocycles. The molecular formula is C20H21ClFN3O. The molecule has 4 rings (SSSR count). The predicted molar refractivity (Wildman–Crippen MR) is 103 cm³/mol. The van der Waals surface area contributed by atoms with Gasteiger partial charge in [0.25, 0.3) is 0 Å². The monoisotopic (exact) mass is 373 g/mol. The van der Waals surface area contributed by atoms with Crippen molar-refractivity contribution in [3.05, 3.63) is 70.7 Å². The van der Waals surface area contributed by atoms with E-state index in [9.17, 15) is 9.18 Å². The fraction of sp³-hybridized carbons (Fsp3) is 0.250. The Morgan fingerprint density at radius 3 is 2.85 bits per heavy atom. The predicted octanol–water partition coefficient (Wildman–Crippen LogP) is 3.32.